The Bertz CT molecular complexity index is 773. The van der Waals surface area contributed by atoms with Crippen molar-refractivity contribution >= 4 is 17.3 Å². The maximum Gasteiger partial charge on any atom is 0.191 e. The second-order valence-electron chi connectivity index (χ2n) is 6.83. The summed E-state index contributed by atoms with van der Waals surface area (Å²) in [7, 11) is 1.76. The highest BCUT2D eigenvalue weighted by molar-refractivity contribution is 7.12. The maximum atomic E-state index is 13.8. The number of aliphatic imine (C=N–C) groups is 1. The molecule has 1 aromatic heterocycles. The molecule has 152 valence electrons. The number of nitrogens with one attached hydrogen (secondary N) is 2. The monoisotopic (exact) mass is 404 g/mol. The summed E-state index contributed by atoms with van der Waals surface area (Å²) >= 11 is 1.84. The number of morpholine rings is 1. The largest absolute Gasteiger partial charge is 0.379 e. The van der Waals surface area contributed by atoms with Gasteiger partial charge in [-0.1, -0.05) is 18.2 Å². The van der Waals surface area contributed by atoms with Gasteiger partial charge in [-0.05, 0) is 37.1 Å². The van der Waals surface area contributed by atoms with Crippen LogP contribution < -0.4 is 10.6 Å². The van der Waals surface area contributed by atoms with E-state index in [1.54, 1.807) is 13.1 Å². The highest BCUT2D eigenvalue weighted by Gasteiger charge is 2.24. The van der Waals surface area contributed by atoms with Gasteiger partial charge >= 0.3 is 0 Å². The third kappa shape index (κ3) is 5.77. The van der Waals surface area contributed by atoms with E-state index in [1.165, 1.54) is 15.8 Å². The lowest BCUT2D eigenvalue weighted by Crippen LogP contribution is -2.46. The van der Waals surface area contributed by atoms with Crippen LogP contribution in [0.3, 0.4) is 0 Å². The first-order valence-corrected chi connectivity index (χ1v) is 10.5. The van der Waals surface area contributed by atoms with Gasteiger partial charge in [0.15, 0.2) is 5.96 Å². The topological polar surface area (TPSA) is 48.9 Å². The molecule has 0 bridgehead atoms. The molecule has 0 saturated carbocycles. The van der Waals surface area contributed by atoms with E-state index in [4.69, 9.17) is 4.74 Å². The summed E-state index contributed by atoms with van der Waals surface area (Å²) in [4.78, 5) is 9.46. The Morgan fingerprint density at radius 2 is 2.00 bits per heavy atom. The number of thiophene rings is 1. The van der Waals surface area contributed by atoms with Crippen molar-refractivity contribution in [2.45, 2.75) is 19.4 Å². The van der Waals surface area contributed by atoms with Crippen LogP contribution in [0.4, 0.5) is 4.39 Å². The number of guanidine groups is 1. The van der Waals surface area contributed by atoms with Crippen LogP contribution in [-0.4, -0.2) is 57.3 Å². The van der Waals surface area contributed by atoms with Gasteiger partial charge in [0, 0.05) is 43.0 Å². The Kier molecular flexibility index (Phi) is 7.82. The molecule has 2 heterocycles. The number of nitrogens with zero attached hydrogens (tertiary/aromatic N) is 2. The predicted octanol–water partition coefficient (Wildman–Crippen LogP) is 2.98. The number of benzene rings is 1. The van der Waals surface area contributed by atoms with Crippen LogP contribution in [0.1, 0.15) is 21.4 Å². The summed E-state index contributed by atoms with van der Waals surface area (Å²) in [6, 6.07) is 11.6. The van der Waals surface area contributed by atoms with E-state index in [2.05, 4.69) is 39.6 Å². The van der Waals surface area contributed by atoms with Crippen LogP contribution in [0.5, 0.6) is 0 Å². The van der Waals surface area contributed by atoms with Gasteiger partial charge in [-0.25, -0.2) is 4.39 Å². The molecule has 5 nitrogen and oxygen atoms in total. The molecule has 3 rings (SSSR count). The lowest BCUT2D eigenvalue weighted by Gasteiger charge is -2.34. The van der Waals surface area contributed by atoms with Crippen molar-refractivity contribution in [1.29, 1.82) is 0 Å². The van der Waals surface area contributed by atoms with Crippen molar-refractivity contribution in [3.05, 3.63) is 57.5 Å². The standard InChI is InChI=1S/C21H29FN4OS/c1-16-7-8-20(28-16)19(26-11-13-27-14-12-26)15-25-21(23-2)24-10-9-17-5-3-4-6-18(17)22/h3-8,19H,9-15H2,1-2H3,(H2,23,24,25). The van der Waals surface area contributed by atoms with Gasteiger partial charge in [0.1, 0.15) is 5.82 Å². The summed E-state index contributed by atoms with van der Waals surface area (Å²) in [5.74, 6) is 0.579. The third-order valence-electron chi connectivity index (χ3n) is 4.91. The molecule has 1 aliphatic heterocycles. The second-order valence-corrected chi connectivity index (χ2v) is 8.15. The van der Waals surface area contributed by atoms with E-state index < -0.39 is 0 Å². The zero-order chi connectivity index (χ0) is 19.8. The van der Waals surface area contributed by atoms with Gasteiger partial charge in [0.05, 0.1) is 19.3 Å². The minimum Gasteiger partial charge on any atom is -0.379 e. The van der Waals surface area contributed by atoms with E-state index in [1.807, 2.05) is 23.5 Å². The molecular weight excluding hydrogens is 375 g/mol. The molecule has 1 saturated heterocycles. The fraction of sp³-hybridized carbons (Fsp3) is 0.476. The Morgan fingerprint density at radius 1 is 1.21 bits per heavy atom. The highest BCUT2D eigenvalue weighted by atomic mass is 32.1. The molecule has 1 fully saturated rings. The molecule has 0 amide bonds. The number of ether oxygens (including phenoxy) is 1. The second kappa shape index (κ2) is 10.5. The number of halogens is 1. The molecule has 0 aliphatic carbocycles. The number of aryl methyl sites for hydroxylation is 1. The minimum atomic E-state index is -0.160. The zero-order valence-electron chi connectivity index (χ0n) is 16.6. The maximum absolute atomic E-state index is 13.8. The van der Waals surface area contributed by atoms with Gasteiger partial charge in [-0.3, -0.25) is 9.89 Å². The molecular formula is C21H29FN4OS. The van der Waals surface area contributed by atoms with Crippen LogP contribution >= 0.6 is 11.3 Å². The molecule has 1 atom stereocenters. The fourth-order valence-electron chi connectivity index (χ4n) is 3.36. The van der Waals surface area contributed by atoms with Gasteiger partial charge in [0.25, 0.3) is 0 Å². The van der Waals surface area contributed by atoms with Crippen LogP contribution in [0.25, 0.3) is 0 Å². The Hall–Kier alpha value is -1.96. The Morgan fingerprint density at radius 3 is 2.68 bits per heavy atom. The average Bonchev–Trinajstić information content (AvgIpc) is 3.15. The van der Waals surface area contributed by atoms with Crippen molar-refractivity contribution in [3.8, 4) is 0 Å². The van der Waals surface area contributed by atoms with Gasteiger partial charge in [-0.2, -0.15) is 0 Å². The number of hydrogen-bond acceptors (Lipinski definition) is 4. The Labute approximate surface area is 170 Å². The van der Waals surface area contributed by atoms with Crippen molar-refractivity contribution in [1.82, 2.24) is 15.5 Å². The average molecular weight is 405 g/mol. The van der Waals surface area contributed by atoms with E-state index in [0.29, 0.717) is 18.5 Å². The normalized spacial score (nSPS) is 16.8. The molecule has 1 aromatic carbocycles. The van der Waals surface area contributed by atoms with Crippen molar-refractivity contribution < 1.29 is 9.13 Å². The Balaban J connectivity index is 1.55. The van der Waals surface area contributed by atoms with E-state index in [-0.39, 0.29) is 11.9 Å². The molecule has 7 heteroatoms. The summed E-state index contributed by atoms with van der Waals surface area (Å²) in [6.07, 6.45) is 0.615. The summed E-state index contributed by atoms with van der Waals surface area (Å²) in [6.45, 7) is 6.94. The first-order chi connectivity index (χ1) is 13.7. The van der Waals surface area contributed by atoms with Gasteiger partial charge < -0.3 is 15.4 Å². The SMILES string of the molecule is CN=C(NCCc1ccccc1F)NCC(c1ccc(C)s1)N1CCOCC1. The third-order valence-corrected chi connectivity index (χ3v) is 6.01. The highest BCUT2D eigenvalue weighted by Crippen LogP contribution is 2.27. The summed E-state index contributed by atoms with van der Waals surface area (Å²) in [5, 5.41) is 6.74. The van der Waals surface area contributed by atoms with Crippen molar-refractivity contribution in [2.75, 3.05) is 46.4 Å². The van der Waals surface area contributed by atoms with Crippen LogP contribution in [0.2, 0.25) is 0 Å². The molecule has 0 radical (unpaired) electrons. The lowest BCUT2D eigenvalue weighted by molar-refractivity contribution is 0.0177. The first kappa shape index (κ1) is 20.8. The van der Waals surface area contributed by atoms with Crippen LogP contribution in [0.15, 0.2) is 41.4 Å². The lowest BCUT2D eigenvalue weighted by atomic mass is 10.1. The number of hydrogen-bond donors (Lipinski definition) is 2. The van der Waals surface area contributed by atoms with Crippen LogP contribution in [-0.2, 0) is 11.2 Å². The molecule has 1 unspecified atom stereocenters. The quantitative estimate of drug-likeness (QED) is 0.550. The van der Waals surface area contributed by atoms with Gasteiger partial charge in [-0.15, -0.1) is 11.3 Å². The smallest absolute Gasteiger partial charge is 0.191 e. The number of rotatable bonds is 7. The molecule has 2 N–H and O–H groups in total. The summed E-state index contributed by atoms with van der Waals surface area (Å²) < 4.78 is 19.3. The molecule has 0 spiro atoms. The fourth-order valence-corrected chi connectivity index (χ4v) is 4.37. The molecule has 2 aromatic rings. The van der Waals surface area contributed by atoms with E-state index >= 15 is 0 Å². The van der Waals surface area contributed by atoms with Crippen molar-refractivity contribution in [3.63, 3.8) is 0 Å². The first-order valence-electron chi connectivity index (χ1n) is 9.73. The summed E-state index contributed by atoms with van der Waals surface area (Å²) in [5.41, 5.74) is 0.714. The molecule has 28 heavy (non-hydrogen) atoms. The van der Waals surface area contributed by atoms with E-state index in [0.717, 1.165) is 38.8 Å². The minimum absolute atomic E-state index is 0.160. The zero-order valence-corrected chi connectivity index (χ0v) is 17.4. The van der Waals surface area contributed by atoms with Gasteiger partial charge in [0.2, 0.25) is 0 Å². The van der Waals surface area contributed by atoms with Crippen molar-refractivity contribution in [2.24, 2.45) is 4.99 Å². The predicted molar refractivity (Wildman–Crippen MR) is 114 cm³/mol. The molecule has 1 aliphatic rings. The van der Waals surface area contributed by atoms with Crippen LogP contribution in [0, 0.1) is 12.7 Å². The van der Waals surface area contributed by atoms with E-state index in [9.17, 15) is 4.39 Å².